The molecule has 0 fully saturated rings. The molecular formula is C12H20N2O. The molecule has 84 valence electrons. The Morgan fingerprint density at radius 3 is 2.47 bits per heavy atom. The van der Waals surface area contributed by atoms with Gasteiger partial charge in [-0.05, 0) is 31.0 Å². The van der Waals surface area contributed by atoms with Crippen molar-refractivity contribution in [3.63, 3.8) is 0 Å². The van der Waals surface area contributed by atoms with Crippen molar-refractivity contribution in [2.45, 2.75) is 27.7 Å². The molecule has 0 atom stereocenters. The van der Waals surface area contributed by atoms with Gasteiger partial charge in [0.2, 0.25) is 0 Å². The maximum absolute atomic E-state index is 11.3. The number of aryl methyl sites for hydroxylation is 3. The van der Waals surface area contributed by atoms with E-state index in [1.807, 2.05) is 39.8 Å². The Hall–Kier alpha value is -1.51. The number of nitrogens with zero attached hydrogens (tertiary/aromatic N) is 1. The third kappa shape index (κ3) is 1.82. The SMILES string of the molecule is CC.Cc1ccc2[nH]c(=O)n(C)c2c1C.[HH]. The third-order valence-corrected chi connectivity index (χ3v) is 2.58. The number of H-pyrrole nitrogens is 1. The van der Waals surface area contributed by atoms with Crippen LogP contribution in [0.1, 0.15) is 26.4 Å². The molecule has 0 aliphatic rings. The molecule has 0 radical (unpaired) electrons. The lowest BCUT2D eigenvalue weighted by atomic mass is 10.1. The van der Waals surface area contributed by atoms with E-state index in [4.69, 9.17) is 0 Å². The minimum Gasteiger partial charge on any atom is -0.306 e. The number of aromatic amines is 1. The van der Waals surface area contributed by atoms with Gasteiger partial charge in [0.1, 0.15) is 0 Å². The number of hydrogen-bond acceptors (Lipinski definition) is 1. The Balaban J connectivity index is 0.000000711. The Morgan fingerprint density at radius 1 is 1.27 bits per heavy atom. The van der Waals surface area contributed by atoms with E-state index in [0.717, 1.165) is 11.0 Å². The van der Waals surface area contributed by atoms with Crippen LogP contribution in [0.3, 0.4) is 0 Å². The summed E-state index contributed by atoms with van der Waals surface area (Å²) in [4.78, 5) is 14.1. The number of hydrogen-bond donors (Lipinski definition) is 1. The Morgan fingerprint density at radius 2 is 1.87 bits per heavy atom. The zero-order valence-corrected chi connectivity index (χ0v) is 10.0. The van der Waals surface area contributed by atoms with Crippen molar-refractivity contribution >= 4 is 11.0 Å². The lowest BCUT2D eigenvalue weighted by molar-refractivity contribution is 0.888. The molecule has 3 heteroatoms. The Kier molecular flexibility index (Phi) is 3.35. The van der Waals surface area contributed by atoms with E-state index in [9.17, 15) is 4.79 Å². The average Bonchev–Trinajstić information content (AvgIpc) is 2.53. The van der Waals surface area contributed by atoms with Crippen LogP contribution in [0.5, 0.6) is 0 Å². The first-order valence-electron chi connectivity index (χ1n) is 5.26. The van der Waals surface area contributed by atoms with E-state index < -0.39 is 0 Å². The zero-order valence-electron chi connectivity index (χ0n) is 10.0. The molecule has 0 saturated carbocycles. The maximum Gasteiger partial charge on any atom is 0.326 e. The molecule has 0 aliphatic carbocycles. The molecule has 0 saturated heterocycles. The van der Waals surface area contributed by atoms with Crippen LogP contribution in [0, 0.1) is 13.8 Å². The van der Waals surface area contributed by atoms with E-state index in [0.29, 0.717) is 0 Å². The second kappa shape index (κ2) is 4.34. The summed E-state index contributed by atoms with van der Waals surface area (Å²) in [6.07, 6.45) is 0. The van der Waals surface area contributed by atoms with Gasteiger partial charge in [-0.3, -0.25) is 4.57 Å². The van der Waals surface area contributed by atoms with Crippen molar-refractivity contribution in [1.82, 2.24) is 9.55 Å². The second-order valence-electron chi connectivity index (χ2n) is 3.39. The Labute approximate surface area is 91.2 Å². The van der Waals surface area contributed by atoms with Gasteiger partial charge < -0.3 is 4.98 Å². The van der Waals surface area contributed by atoms with E-state index in [-0.39, 0.29) is 7.12 Å². The molecule has 15 heavy (non-hydrogen) atoms. The molecular weight excluding hydrogens is 188 g/mol. The first-order valence-corrected chi connectivity index (χ1v) is 5.26. The molecule has 0 bridgehead atoms. The van der Waals surface area contributed by atoms with Crippen molar-refractivity contribution in [2.75, 3.05) is 0 Å². The van der Waals surface area contributed by atoms with Crippen LogP contribution in [0.25, 0.3) is 11.0 Å². The van der Waals surface area contributed by atoms with Crippen LogP contribution in [0.4, 0.5) is 0 Å². The maximum atomic E-state index is 11.3. The highest BCUT2D eigenvalue weighted by atomic mass is 16.1. The van der Waals surface area contributed by atoms with E-state index >= 15 is 0 Å². The summed E-state index contributed by atoms with van der Waals surface area (Å²) in [7, 11) is 1.79. The number of benzene rings is 1. The molecule has 2 aromatic rings. The predicted molar refractivity (Wildman–Crippen MR) is 66.5 cm³/mol. The zero-order chi connectivity index (χ0) is 11.6. The molecule has 0 amide bonds. The minimum absolute atomic E-state index is 0. The Bertz CT molecular complexity index is 526. The van der Waals surface area contributed by atoms with E-state index in [1.54, 1.807) is 11.6 Å². The quantitative estimate of drug-likeness (QED) is 0.710. The number of fused-ring (bicyclic) bond motifs is 1. The standard InChI is InChI=1S/C10H12N2O.C2H6.H2/c1-6-4-5-8-9(7(6)2)12(3)10(13)11-8;1-2;/h4-5H,1-3H3,(H,11,13);1-2H3;1H. The molecule has 1 aromatic carbocycles. The predicted octanol–water partition coefficient (Wildman–Crippen LogP) is 2.76. The first kappa shape index (κ1) is 11.6. The van der Waals surface area contributed by atoms with Gasteiger partial charge in [0.05, 0.1) is 11.0 Å². The van der Waals surface area contributed by atoms with Crippen molar-refractivity contribution < 1.29 is 1.43 Å². The summed E-state index contributed by atoms with van der Waals surface area (Å²) in [6, 6.07) is 3.96. The van der Waals surface area contributed by atoms with Crippen LogP contribution in [-0.2, 0) is 7.05 Å². The smallest absolute Gasteiger partial charge is 0.306 e. The fraction of sp³-hybridized carbons (Fsp3) is 0.417. The summed E-state index contributed by atoms with van der Waals surface area (Å²) < 4.78 is 1.65. The van der Waals surface area contributed by atoms with Gasteiger partial charge in [-0.15, -0.1) is 0 Å². The van der Waals surface area contributed by atoms with Gasteiger partial charge in [0.25, 0.3) is 0 Å². The second-order valence-corrected chi connectivity index (χ2v) is 3.39. The molecule has 2 rings (SSSR count). The van der Waals surface area contributed by atoms with Crippen molar-refractivity contribution in [2.24, 2.45) is 7.05 Å². The molecule has 0 unspecified atom stereocenters. The highest BCUT2D eigenvalue weighted by Gasteiger charge is 2.06. The summed E-state index contributed by atoms with van der Waals surface area (Å²) in [5, 5.41) is 0. The van der Waals surface area contributed by atoms with Crippen LogP contribution in [-0.4, -0.2) is 9.55 Å². The fourth-order valence-corrected chi connectivity index (χ4v) is 1.63. The molecule has 1 heterocycles. The monoisotopic (exact) mass is 208 g/mol. The van der Waals surface area contributed by atoms with Crippen LogP contribution >= 0.6 is 0 Å². The fourth-order valence-electron chi connectivity index (χ4n) is 1.63. The molecule has 0 spiro atoms. The van der Waals surface area contributed by atoms with Gasteiger partial charge in [0.15, 0.2) is 0 Å². The number of rotatable bonds is 0. The van der Waals surface area contributed by atoms with Gasteiger partial charge in [-0.25, -0.2) is 4.79 Å². The van der Waals surface area contributed by atoms with Crippen LogP contribution < -0.4 is 5.69 Å². The highest BCUT2D eigenvalue weighted by Crippen LogP contribution is 2.17. The minimum atomic E-state index is -0.0521. The lowest BCUT2D eigenvalue weighted by Crippen LogP contribution is -2.12. The van der Waals surface area contributed by atoms with Crippen molar-refractivity contribution in [3.8, 4) is 0 Å². The van der Waals surface area contributed by atoms with Crippen LogP contribution in [0.15, 0.2) is 16.9 Å². The number of aromatic nitrogens is 2. The molecule has 1 N–H and O–H groups in total. The van der Waals surface area contributed by atoms with Crippen molar-refractivity contribution in [1.29, 1.82) is 0 Å². The first-order chi connectivity index (χ1) is 7.11. The number of nitrogens with one attached hydrogen (secondary N) is 1. The van der Waals surface area contributed by atoms with Gasteiger partial charge in [-0.2, -0.15) is 0 Å². The third-order valence-electron chi connectivity index (χ3n) is 2.58. The molecule has 3 nitrogen and oxygen atoms in total. The van der Waals surface area contributed by atoms with Gasteiger partial charge >= 0.3 is 5.69 Å². The topological polar surface area (TPSA) is 37.8 Å². The van der Waals surface area contributed by atoms with Gasteiger partial charge in [-0.1, -0.05) is 19.9 Å². The summed E-state index contributed by atoms with van der Waals surface area (Å²) in [5.74, 6) is 0. The summed E-state index contributed by atoms with van der Waals surface area (Å²) in [5.41, 5.74) is 4.24. The summed E-state index contributed by atoms with van der Waals surface area (Å²) >= 11 is 0. The van der Waals surface area contributed by atoms with Crippen LogP contribution in [0.2, 0.25) is 0 Å². The lowest BCUT2D eigenvalue weighted by Gasteiger charge is -2.02. The average molecular weight is 208 g/mol. The summed E-state index contributed by atoms with van der Waals surface area (Å²) in [6.45, 7) is 8.08. The van der Waals surface area contributed by atoms with E-state index in [1.165, 1.54) is 11.1 Å². The highest BCUT2D eigenvalue weighted by molar-refractivity contribution is 5.79. The molecule has 1 aromatic heterocycles. The van der Waals surface area contributed by atoms with Gasteiger partial charge in [0, 0.05) is 8.47 Å². The van der Waals surface area contributed by atoms with E-state index in [2.05, 4.69) is 4.98 Å². The van der Waals surface area contributed by atoms with Crippen molar-refractivity contribution in [3.05, 3.63) is 33.7 Å². The molecule has 0 aliphatic heterocycles. The number of imidazole rings is 1. The normalized spacial score (nSPS) is 9.93. The largest absolute Gasteiger partial charge is 0.326 e.